The van der Waals surface area contributed by atoms with Gasteiger partial charge in [0, 0.05) is 17.0 Å². The maximum absolute atomic E-state index is 13.6. The van der Waals surface area contributed by atoms with Crippen molar-refractivity contribution in [2.45, 2.75) is 25.0 Å². The van der Waals surface area contributed by atoms with Crippen LogP contribution in [0.4, 0.5) is 4.39 Å². The SMILES string of the molecule is CC1OCCC1(O)c1ccc(Cl)cc1F. The topological polar surface area (TPSA) is 29.5 Å². The standard InChI is InChI=1S/C11H12ClFO2/c1-7-11(14,4-5-15-7)9-3-2-8(12)6-10(9)13/h2-3,6-7,14H,4-5H2,1H3. The zero-order valence-corrected chi connectivity index (χ0v) is 9.09. The van der Waals surface area contributed by atoms with Gasteiger partial charge in [-0.05, 0) is 19.1 Å². The Morgan fingerprint density at radius 1 is 1.60 bits per heavy atom. The van der Waals surface area contributed by atoms with Crippen LogP contribution in [0.5, 0.6) is 0 Å². The molecule has 0 aromatic heterocycles. The molecule has 1 fully saturated rings. The molecule has 1 aliphatic rings. The summed E-state index contributed by atoms with van der Waals surface area (Å²) in [7, 11) is 0. The molecular formula is C11H12ClFO2. The first kappa shape index (κ1) is 10.9. The van der Waals surface area contributed by atoms with Gasteiger partial charge >= 0.3 is 0 Å². The zero-order chi connectivity index (χ0) is 11.1. The number of benzene rings is 1. The smallest absolute Gasteiger partial charge is 0.130 e. The first-order chi connectivity index (χ1) is 7.04. The Bertz CT molecular complexity index is 383. The van der Waals surface area contributed by atoms with Gasteiger partial charge in [0.25, 0.3) is 0 Å². The number of hydrogen-bond acceptors (Lipinski definition) is 2. The summed E-state index contributed by atoms with van der Waals surface area (Å²) in [6.45, 7) is 2.18. The zero-order valence-electron chi connectivity index (χ0n) is 8.34. The van der Waals surface area contributed by atoms with E-state index in [4.69, 9.17) is 16.3 Å². The summed E-state index contributed by atoms with van der Waals surface area (Å²) in [4.78, 5) is 0. The fourth-order valence-corrected chi connectivity index (χ4v) is 2.09. The van der Waals surface area contributed by atoms with Crippen LogP contribution >= 0.6 is 11.6 Å². The van der Waals surface area contributed by atoms with Crippen LogP contribution in [-0.4, -0.2) is 17.8 Å². The van der Waals surface area contributed by atoms with Gasteiger partial charge in [-0.3, -0.25) is 0 Å². The average Bonchev–Trinajstić information content (AvgIpc) is 2.47. The summed E-state index contributed by atoms with van der Waals surface area (Å²) in [5.41, 5.74) is -0.966. The number of ether oxygens (including phenoxy) is 1. The minimum atomic E-state index is -1.23. The lowest BCUT2D eigenvalue weighted by atomic mass is 9.87. The van der Waals surface area contributed by atoms with Gasteiger partial charge in [0.2, 0.25) is 0 Å². The third-order valence-electron chi connectivity index (χ3n) is 2.92. The van der Waals surface area contributed by atoms with Crippen molar-refractivity contribution in [3.8, 4) is 0 Å². The normalized spacial score (nSPS) is 30.8. The van der Waals surface area contributed by atoms with E-state index in [9.17, 15) is 9.50 Å². The molecule has 1 aromatic carbocycles. The molecule has 0 bridgehead atoms. The van der Waals surface area contributed by atoms with Crippen LogP contribution in [0.3, 0.4) is 0 Å². The summed E-state index contributed by atoms with van der Waals surface area (Å²) >= 11 is 5.65. The molecule has 1 N–H and O–H groups in total. The van der Waals surface area contributed by atoms with Crippen LogP contribution in [0.2, 0.25) is 5.02 Å². The molecule has 2 unspecified atom stereocenters. The Hall–Kier alpha value is -0.640. The molecule has 15 heavy (non-hydrogen) atoms. The van der Waals surface area contributed by atoms with Crippen molar-refractivity contribution in [1.29, 1.82) is 0 Å². The van der Waals surface area contributed by atoms with Crippen LogP contribution in [-0.2, 0) is 10.3 Å². The van der Waals surface area contributed by atoms with Crippen molar-refractivity contribution < 1.29 is 14.2 Å². The highest BCUT2D eigenvalue weighted by Gasteiger charge is 2.42. The van der Waals surface area contributed by atoms with E-state index in [2.05, 4.69) is 0 Å². The second kappa shape index (κ2) is 3.74. The first-order valence-electron chi connectivity index (χ1n) is 4.83. The van der Waals surface area contributed by atoms with Crippen molar-refractivity contribution in [3.05, 3.63) is 34.6 Å². The molecule has 1 aromatic rings. The van der Waals surface area contributed by atoms with Gasteiger partial charge in [0.1, 0.15) is 11.4 Å². The number of rotatable bonds is 1. The predicted octanol–water partition coefficient (Wildman–Crippen LogP) is 2.48. The molecule has 4 heteroatoms. The Morgan fingerprint density at radius 3 is 2.87 bits per heavy atom. The van der Waals surface area contributed by atoms with Crippen LogP contribution in [0.15, 0.2) is 18.2 Å². The van der Waals surface area contributed by atoms with Crippen molar-refractivity contribution in [2.75, 3.05) is 6.61 Å². The molecule has 0 spiro atoms. The second-order valence-electron chi connectivity index (χ2n) is 3.81. The monoisotopic (exact) mass is 230 g/mol. The average molecular weight is 231 g/mol. The molecular weight excluding hydrogens is 219 g/mol. The molecule has 2 nitrogen and oxygen atoms in total. The highest BCUT2D eigenvalue weighted by Crippen LogP contribution is 2.37. The Morgan fingerprint density at radius 2 is 2.33 bits per heavy atom. The Kier molecular flexibility index (Phi) is 2.71. The van der Waals surface area contributed by atoms with E-state index in [0.29, 0.717) is 18.1 Å². The van der Waals surface area contributed by atoms with Crippen molar-refractivity contribution in [3.63, 3.8) is 0 Å². The lowest BCUT2D eigenvalue weighted by Crippen LogP contribution is -2.34. The van der Waals surface area contributed by atoms with Crippen LogP contribution in [0.1, 0.15) is 18.9 Å². The highest BCUT2D eigenvalue weighted by molar-refractivity contribution is 6.30. The summed E-state index contributed by atoms with van der Waals surface area (Å²) in [5.74, 6) is -0.484. The molecule has 2 atom stereocenters. The summed E-state index contributed by atoms with van der Waals surface area (Å²) in [5, 5.41) is 10.6. The van der Waals surface area contributed by atoms with E-state index in [-0.39, 0.29) is 5.56 Å². The van der Waals surface area contributed by atoms with Gasteiger partial charge in [-0.1, -0.05) is 17.7 Å². The summed E-state index contributed by atoms with van der Waals surface area (Å²) < 4.78 is 18.9. The number of halogens is 2. The van der Waals surface area contributed by atoms with Crippen molar-refractivity contribution in [1.82, 2.24) is 0 Å². The van der Waals surface area contributed by atoms with Gasteiger partial charge < -0.3 is 9.84 Å². The third kappa shape index (κ3) is 1.75. The lowest BCUT2D eigenvalue weighted by Gasteiger charge is -2.26. The molecule has 82 valence electrons. The van der Waals surface area contributed by atoms with E-state index in [1.54, 1.807) is 13.0 Å². The van der Waals surface area contributed by atoms with Gasteiger partial charge in [-0.25, -0.2) is 4.39 Å². The molecule has 0 radical (unpaired) electrons. The Labute approximate surface area is 92.6 Å². The maximum Gasteiger partial charge on any atom is 0.130 e. The van der Waals surface area contributed by atoms with E-state index >= 15 is 0 Å². The number of hydrogen-bond donors (Lipinski definition) is 1. The maximum atomic E-state index is 13.6. The quantitative estimate of drug-likeness (QED) is 0.803. The summed E-state index contributed by atoms with van der Waals surface area (Å²) in [6.07, 6.45) is 0.0142. The van der Waals surface area contributed by atoms with Gasteiger partial charge in [-0.15, -0.1) is 0 Å². The fourth-order valence-electron chi connectivity index (χ4n) is 1.93. The van der Waals surface area contributed by atoms with Crippen LogP contribution in [0.25, 0.3) is 0 Å². The van der Waals surface area contributed by atoms with Crippen LogP contribution < -0.4 is 0 Å². The van der Waals surface area contributed by atoms with Gasteiger partial charge in [-0.2, -0.15) is 0 Å². The van der Waals surface area contributed by atoms with E-state index < -0.39 is 17.5 Å². The first-order valence-corrected chi connectivity index (χ1v) is 5.21. The Balaban J connectivity index is 2.44. The minimum Gasteiger partial charge on any atom is -0.382 e. The second-order valence-corrected chi connectivity index (χ2v) is 4.25. The van der Waals surface area contributed by atoms with E-state index in [0.717, 1.165) is 0 Å². The van der Waals surface area contributed by atoms with Gasteiger partial charge in [0.15, 0.2) is 0 Å². The molecule has 0 amide bonds. The molecule has 2 rings (SSSR count). The number of aliphatic hydroxyl groups is 1. The fraction of sp³-hybridized carbons (Fsp3) is 0.455. The largest absolute Gasteiger partial charge is 0.382 e. The van der Waals surface area contributed by atoms with Crippen LogP contribution in [0, 0.1) is 5.82 Å². The molecule has 1 saturated heterocycles. The molecule has 1 aliphatic heterocycles. The minimum absolute atomic E-state index is 0.261. The van der Waals surface area contributed by atoms with Gasteiger partial charge in [0.05, 0.1) is 12.7 Å². The highest BCUT2D eigenvalue weighted by atomic mass is 35.5. The predicted molar refractivity (Wildman–Crippen MR) is 55.3 cm³/mol. The van der Waals surface area contributed by atoms with E-state index in [1.165, 1.54) is 12.1 Å². The molecule has 1 heterocycles. The van der Waals surface area contributed by atoms with Crippen molar-refractivity contribution in [2.24, 2.45) is 0 Å². The molecule has 0 aliphatic carbocycles. The van der Waals surface area contributed by atoms with E-state index in [1.807, 2.05) is 0 Å². The lowest BCUT2D eigenvalue weighted by molar-refractivity contribution is -0.0339. The third-order valence-corrected chi connectivity index (χ3v) is 3.16. The van der Waals surface area contributed by atoms with Crippen molar-refractivity contribution >= 4 is 11.6 Å². The summed E-state index contributed by atoms with van der Waals surface area (Å²) in [6, 6.07) is 4.30. The molecule has 0 saturated carbocycles.